The lowest BCUT2D eigenvalue weighted by molar-refractivity contribution is 0.0954. The third-order valence-electron chi connectivity index (χ3n) is 6.28. The SMILES string of the molecule is CNS(=O)(=O)c1ccc(C(=O)N/N=C(\c2ccccc2)c2nn(C)c(-c3ccc(C(C)(C)C)cc3)c2O)cc1. The monoisotopic (exact) mass is 545 g/mol. The Labute approximate surface area is 228 Å². The Morgan fingerprint density at radius 1 is 0.923 bits per heavy atom. The van der Waals surface area contributed by atoms with Gasteiger partial charge < -0.3 is 5.11 Å². The first-order valence-corrected chi connectivity index (χ1v) is 13.7. The number of amides is 1. The number of carbonyl (C=O) groups is 1. The number of nitrogens with zero attached hydrogens (tertiary/aromatic N) is 3. The van der Waals surface area contributed by atoms with E-state index in [1.54, 1.807) is 23.9 Å². The molecule has 0 atom stereocenters. The van der Waals surface area contributed by atoms with Crippen LogP contribution in [0.15, 0.2) is 88.9 Å². The number of aryl methyl sites for hydroxylation is 1. The van der Waals surface area contributed by atoms with Crippen LogP contribution in [0.3, 0.4) is 0 Å². The molecule has 3 aromatic carbocycles. The zero-order valence-corrected chi connectivity index (χ0v) is 23.2. The maximum atomic E-state index is 12.9. The molecule has 0 spiro atoms. The molecule has 0 fully saturated rings. The van der Waals surface area contributed by atoms with Crippen molar-refractivity contribution in [3.05, 3.63) is 101 Å². The maximum absolute atomic E-state index is 12.9. The van der Waals surface area contributed by atoms with E-state index in [-0.39, 0.29) is 33.0 Å². The zero-order valence-electron chi connectivity index (χ0n) is 22.4. The molecule has 1 heterocycles. The fourth-order valence-corrected chi connectivity index (χ4v) is 4.78. The molecule has 1 aromatic heterocycles. The summed E-state index contributed by atoms with van der Waals surface area (Å²) in [6.45, 7) is 6.41. The van der Waals surface area contributed by atoms with Crippen molar-refractivity contribution >= 4 is 21.6 Å². The summed E-state index contributed by atoms with van der Waals surface area (Å²) in [6.07, 6.45) is 0. The number of aromatic nitrogens is 2. The van der Waals surface area contributed by atoms with Crippen LogP contribution in [0.5, 0.6) is 5.75 Å². The average molecular weight is 546 g/mol. The van der Waals surface area contributed by atoms with Crippen LogP contribution in [0.1, 0.15) is 48.0 Å². The topological polar surface area (TPSA) is 126 Å². The van der Waals surface area contributed by atoms with Crippen LogP contribution in [0.25, 0.3) is 11.3 Å². The van der Waals surface area contributed by atoms with Crippen molar-refractivity contribution in [3.63, 3.8) is 0 Å². The molecule has 3 N–H and O–H groups in total. The summed E-state index contributed by atoms with van der Waals surface area (Å²) in [5.74, 6) is -0.621. The lowest BCUT2D eigenvalue weighted by Crippen LogP contribution is -2.22. The van der Waals surface area contributed by atoms with Crippen LogP contribution in [-0.4, -0.2) is 42.0 Å². The number of nitrogens with one attached hydrogen (secondary N) is 2. The normalized spacial score (nSPS) is 12.4. The number of rotatable bonds is 7. The van der Waals surface area contributed by atoms with E-state index in [9.17, 15) is 18.3 Å². The largest absolute Gasteiger partial charge is 0.504 e. The summed E-state index contributed by atoms with van der Waals surface area (Å²) < 4.78 is 27.8. The predicted octanol–water partition coefficient (Wildman–Crippen LogP) is 4.18. The zero-order chi connectivity index (χ0) is 28.4. The van der Waals surface area contributed by atoms with Crippen LogP contribution < -0.4 is 10.1 Å². The second-order valence-electron chi connectivity index (χ2n) is 10.00. The highest BCUT2D eigenvalue weighted by molar-refractivity contribution is 7.89. The van der Waals surface area contributed by atoms with Crippen molar-refractivity contribution in [3.8, 4) is 17.0 Å². The molecule has 0 bridgehead atoms. The predicted molar refractivity (Wildman–Crippen MR) is 151 cm³/mol. The maximum Gasteiger partial charge on any atom is 0.271 e. The standard InChI is InChI=1S/C29H31N5O4S/c1-29(2,3)22-15-11-20(12-16-22)26-27(35)25(33-34(26)5)24(19-9-7-6-8-10-19)31-32-28(36)21-13-17-23(18-14-21)39(37,38)30-4/h6-18,30,35H,1-5H3,(H,32,36)/b31-24+. The molecular formula is C29H31N5O4S. The van der Waals surface area contributed by atoms with Gasteiger partial charge in [0, 0.05) is 23.7 Å². The molecule has 0 radical (unpaired) electrons. The molecule has 4 aromatic rings. The van der Waals surface area contributed by atoms with Crippen LogP contribution >= 0.6 is 0 Å². The Hall–Kier alpha value is -4.28. The Balaban J connectivity index is 1.70. The second-order valence-corrected chi connectivity index (χ2v) is 11.9. The van der Waals surface area contributed by atoms with Gasteiger partial charge in [0.1, 0.15) is 11.4 Å². The van der Waals surface area contributed by atoms with E-state index in [0.717, 1.165) is 5.56 Å². The van der Waals surface area contributed by atoms with Crippen molar-refractivity contribution < 1.29 is 18.3 Å². The van der Waals surface area contributed by atoms with E-state index in [2.05, 4.69) is 41.1 Å². The van der Waals surface area contributed by atoms with Crippen molar-refractivity contribution in [1.82, 2.24) is 19.9 Å². The van der Waals surface area contributed by atoms with E-state index in [1.165, 1.54) is 36.9 Å². The lowest BCUT2D eigenvalue weighted by atomic mass is 9.86. The number of hydrogen-bond acceptors (Lipinski definition) is 6. The molecule has 10 heteroatoms. The lowest BCUT2D eigenvalue weighted by Gasteiger charge is -2.19. The fourth-order valence-electron chi connectivity index (χ4n) is 4.05. The molecule has 0 saturated carbocycles. The summed E-state index contributed by atoms with van der Waals surface area (Å²) >= 11 is 0. The van der Waals surface area contributed by atoms with E-state index in [4.69, 9.17) is 0 Å². The summed E-state index contributed by atoms with van der Waals surface area (Å²) in [4.78, 5) is 12.9. The molecule has 202 valence electrons. The van der Waals surface area contributed by atoms with Crippen molar-refractivity contribution in [2.24, 2.45) is 12.1 Å². The van der Waals surface area contributed by atoms with Crippen LogP contribution in [-0.2, 0) is 22.5 Å². The van der Waals surface area contributed by atoms with E-state index >= 15 is 0 Å². The molecule has 39 heavy (non-hydrogen) atoms. The highest BCUT2D eigenvalue weighted by Crippen LogP contribution is 2.34. The second kappa shape index (κ2) is 10.8. The molecule has 0 saturated heterocycles. The quantitative estimate of drug-likeness (QED) is 0.237. The molecule has 0 unspecified atom stereocenters. The number of sulfonamides is 1. The molecule has 0 aliphatic carbocycles. The number of carbonyl (C=O) groups excluding carboxylic acids is 1. The Kier molecular flexibility index (Phi) is 7.71. The van der Waals surface area contributed by atoms with Gasteiger partial charge in [-0.15, -0.1) is 0 Å². The first-order valence-electron chi connectivity index (χ1n) is 12.3. The van der Waals surface area contributed by atoms with Crippen LogP contribution in [0, 0.1) is 0 Å². The highest BCUT2D eigenvalue weighted by atomic mass is 32.2. The van der Waals surface area contributed by atoms with Gasteiger partial charge in [-0.3, -0.25) is 9.48 Å². The first-order chi connectivity index (χ1) is 18.4. The molecule has 0 aliphatic heterocycles. The fraction of sp³-hybridized carbons (Fsp3) is 0.207. The van der Waals surface area contributed by atoms with Gasteiger partial charge >= 0.3 is 0 Å². The molecule has 0 aliphatic rings. The molecule has 4 rings (SSSR count). The van der Waals surface area contributed by atoms with Gasteiger partial charge in [-0.05, 0) is 42.3 Å². The van der Waals surface area contributed by atoms with Crippen molar-refractivity contribution in [2.45, 2.75) is 31.1 Å². The Bertz CT molecular complexity index is 1620. The minimum atomic E-state index is -3.63. The summed E-state index contributed by atoms with van der Waals surface area (Å²) in [6, 6.07) is 22.5. The van der Waals surface area contributed by atoms with Gasteiger partial charge in [0.15, 0.2) is 11.4 Å². The first kappa shape index (κ1) is 27.7. The highest BCUT2D eigenvalue weighted by Gasteiger charge is 2.23. The molecular weight excluding hydrogens is 514 g/mol. The van der Waals surface area contributed by atoms with Gasteiger partial charge in [-0.2, -0.15) is 10.2 Å². The van der Waals surface area contributed by atoms with Crippen molar-refractivity contribution in [1.29, 1.82) is 0 Å². The molecule has 9 nitrogen and oxygen atoms in total. The third-order valence-corrected chi connectivity index (χ3v) is 7.71. The third kappa shape index (κ3) is 5.92. The minimum Gasteiger partial charge on any atom is -0.504 e. The Morgan fingerprint density at radius 2 is 1.54 bits per heavy atom. The summed E-state index contributed by atoms with van der Waals surface area (Å²) in [7, 11) is -0.576. The van der Waals surface area contributed by atoms with Gasteiger partial charge in [0.25, 0.3) is 5.91 Å². The van der Waals surface area contributed by atoms with Gasteiger partial charge in [-0.25, -0.2) is 18.6 Å². The van der Waals surface area contributed by atoms with Gasteiger partial charge in [-0.1, -0.05) is 75.4 Å². The number of aromatic hydroxyl groups is 1. The number of hydrogen-bond donors (Lipinski definition) is 3. The summed E-state index contributed by atoms with van der Waals surface area (Å²) in [5, 5.41) is 20.2. The summed E-state index contributed by atoms with van der Waals surface area (Å²) in [5.41, 5.74) is 6.29. The van der Waals surface area contributed by atoms with Gasteiger partial charge in [0.2, 0.25) is 10.0 Å². The smallest absolute Gasteiger partial charge is 0.271 e. The molecule has 1 amide bonds. The van der Waals surface area contributed by atoms with E-state index in [0.29, 0.717) is 11.3 Å². The van der Waals surface area contributed by atoms with Crippen molar-refractivity contribution in [2.75, 3.05) is 7.05 Å². The minimum absolute atomic E-state index is 0.00892. The van der Waals surface area contributed by atoms with Crippen LogP contribution in [0.2, 0.25) is 0 Å². The van der Waals surface area contributed by atoms with Crippen LogP contribution in [0.4, 0.5) is 0 Å². The average Bonchev–Trinajstić information content (AvgIpc) is 3.22. The van der Waals surface area contributed by atoms with E-state index < -0.39 is 15.9 Å². The number of benzene rings is 3. The van der Waals surface area contributed by atoms with E-state index in [1.807, 2.05) is 42.5 Å². The van der Waals surface area contributed by atoms with Gasteiger partial charge in [0.05, 0.1) is 4.90 Å². The number of hydrazone groups is 1. The Morgan fingerprint density at radius 3 is 2.10 bits per heavy atom.